The van der Waals surface area contributed by atoms with Crippen LogP contribution in [0.1, 0.15) is 43.5 Å². The SMILES string of the molecule is CC(C)(C)c1ccccc1C(N)c1c(F)ccc(Br)c1F. The minimum Gasteiger partial charge on any atom is -0.320 e. The summed E-state index contributed by atoms with van der Waals surface area (Å²) in [6.07, 6.45) is 0. The Morgan fingerprint density at radius 1 is 1.05 bits per heavy atom. The van der Waals surface area contributed by atoms with Crippen LogP contribution in [-0.2, 0) is 5.41 Å². The summed E-state index contributed by atoms with van der Waals surface area (Å²) in [5.74, 6) is -1.28. The van der Waals surface area contributed by atoms with Crippen molar-refractivity contribution in [3.63, 3.8) is 0 Å². The van der Waals surface area contributed by atoms with E-state index in [4.69, 9.17) is 5.73 Å². The third-order valence-electron chi connectivity index (χ3n) is 3.49. The summed E-state index contributed by atoms with van der Waals surface area (Å²) in [6.45, 7) is 6.14. The Morgan fingerprint density at radius 2 is 1.67 bits per heavy atom. The molecule has 1 unspecified atom stereocenters. The van der Waals surface area contributed by atoms with Gasteiger partial charge in [0.2, 0.25) is 0 Å². The molecule has 0 bridgehead atoms. The van der Waals surface area contributed by atoms with E-state index in [1.807, 2.05) is 45.0 Å². The molecular formula is C17H18BrF2N. The molecule has 0 amide bonds. The molecule has 2 rings (SSSR count). The van der Waals surface area contributed by atoms with E-state index in [0.29, 0.717) is 0 Å². The Balaban J connectivity index is 2.62. The van der Waals surface area contributed by atoms with Gasteiger partial charge in [-0.1, -0.05) is 45.0 Å². The molecule has 2 N–H and O–H groups in total. The molecule has 21 heavy (non-hydrogen) atoms. The Labute approximate surface area is 132 Å². The van der Waals surface area contributed by atoms with Gasteiger partial charge in [-0.2, -0.15) is 0 Å². The second-order valence-electron chi connectivity index (χ2n) is 6.07. The quantitative estimate of drug-likeness (QED) is 0.749. The molecule has 0 fully saturated rings. The van der Waals surface area contributed by atoms with Gasteiger partial charge in [0.1, 0.15) is 11.6 Å². The zero-order chi connectivity index (χ0) is 15.8. The van der Waals surface area contributed by atoms with Crippen LogP contribution in [0, 0.1) is 11.6 Å². The fraction of sp³-hybridized carbons (Fsp3) is 0.294. The van der Waals surface area contributed by atoms with Crippen LogP contribution in [0.15, 0.2) is 40.9 Å². The highest BCUT2D eigenvalue weighted by Gasteiger charge is 2.26. The van der Waals surface area contributed by atoms with Gasteiger partial charge in [-0.15, -0.1) is 0 Å². The molecule has 112 valence electrons. The predicted molar refractivity (Wildman–Crippen MR) is 85.2 cm³/mol. The molecule has 0 aliphatic carbocycles. The summed E-state index contributed by atoms with van der Waals surface area (Å²) in [7, 11) is 0. The van der Waals surface area contributed by atoms with Gasteiger partial charge in [0, 0.05) is 5.56 Å². The first-order valence-corrected chi connectivity index (χ1v) is 7.51. The summed E-state index contributed by atoms with van der Waals surface area (Å²) in [6, 6.07) is 9.23. The number of benzene rings is 2. The van der Waals surface area contributed by atoms with Gasteiger partial charge in [0.15, 0.2) is 0 Å². The second-order valence-corrected chi connectivity index (χ2v) is 6.93. The average Bonchev–Trinajstić information content (AvgIpc) is 2.42. The number of rotatable bonds is 2. The van der Waals surface area contributed by atoms with E-state index in [2.05, 4.69) is 15.9 Å². The van der Waals surface area contributed by atoms with Crippen molar-refractivity contribution in [1.82, 2.24) is 0 Å². The first-order chi connectivity index (χ1) is 9.73. The van der Waals surface area contributed by atoms with Crippen molar-refractivity contribution in [2.45, 2.75) is 32.2 Å². The van der Waals surface area contributed by atoms with Gasteiger partial charge >= 0.3 is 0 Å². The topological polar surface area (TPSA) is 26.0 Å². The second kappa shape index (κ2) is 5.85. The maximum atomic E-state index is 14.3. The normalized spacial score (nSPS) is 13.3. The lowest BCUT2D eigenvalue weighted by molar-refractivity contribution is 0.531. The van der Waals surface area contributed by atoms with Gasteiger partial charge in [-0.05, 0) is 44.6 Å². The highest BCUT2D eigenvalue weighted by atomic mass is 79.9. The zero-order valence-electron chi connectivity index (χ0n) is 12.3. The maximum Gasteiger partial charge on any atom is 0.145 e. The first-order valence-electron chi connectivity index (χ1n) is 6.72. The van der Waals surface area contributed by atoms with Crippen LogP contribution in [0.2, 0.25) is 0 Å². The van der Waals surface area contributed by atoms with Gasteiger partial charge in [-0.25, -0.2) is 8.78 Å². The third kappa shape index (κ3) is 3.16. The van der Waals surface area contributed by atoms with Crippen molar-refractivity contribution >= 4 is 15.9 Å². The zero-order valence-corrected chi connectivity index (χ0v) is 13.8. The molecular weight excluding hydrogens is 336 g/mol. The lowest BCUT2D eigenvalue weighted by atomic mass is 9.80. The van der Waals surface area contributed by atoms with E-state index in [-0.39, 0.29) is 15.5 Å². The maximum absolute atomic E-state index is 14.3. The Kier molecular flexibility index (Phi) is 4.49. The smallest absolute Gasteiger partial charge is 0.145 e. The molecule has 0 heterocycles. The van der Waals surface area contributed by atoms with E-state index in [0.717, 1.165) is 11.1 Å². The van der Waals surface area contributed by atoms with E-state index < -0.39 is 17.7 Å². The largest absolute Gasteiger partial charge is 0.320 e. The first kappa shape index (κ1) is 16.1. The van der Waals surface area contributed by atoms with Crippen molar-refractivity contribution < 1.29 is 8.78 Å². The minimum absolute atomic E-state index is 0.110. The van der Waals surface area contributed by atoms with Crippen molar-refractivity contribution in [3.05, 3.63) is 69.2 Å². The highest BCUT2D eigenvalue weighted by molar-refractivity contribution is 9.10. The van der Waals surface area contributed by atoms with Crippen LogP contribution in [-0.4, -0.2) is 0 Å². The Morgan fingerprint density at radius 3 is 2.29 bits per heavy atom. The molecule has 1 atom stereocenters. The number of halogens is 3. The molecule has 4 heteroatoms. The standard InChI is InChI=1S/C17H18BrF2N/c1-17(2,3)11-7-5-4-6-10(11)16(21)14-13(19)9-8-12(18)15(14)20/h4-9,16H,21H2,1-3H3. The molecule has 0 saturated heterocycles. The van der Waals surface area contributed by atoms with E-state index in [1.54, 1.807) is 0 Å². The molecule has 0 aliphatic heterocycles. The number of nitrogens with two attached hydrogens (primary N) is 1. The molecule has 1 nitrogen and oxygen atoms in total. The van der Waals surface area contributed by atoms with Crippen molar-refractivity contribution in [1.29, 1.82) is 0 Å². The monoisotopic (exact) mass is 353 g/mol. The Hall–Kier alpha value is -1.26. The molecule has 2 aromatic carbocycles. The van der Waals surface area contributed by atoms with Crippen LogP contribution in [0.4, 0.5) is 8.78 Å². The van der Waals surface area contributed by atoms with Crippen LogP contribution in [0.3, 0.4) is 0 Å². The molecule has 0 radical (unpaired) electrons. The van der Waals surface area contributed by atoms with Crippen LogP contribution in [0.5, 0.6) is 0 Å². The molecule has 2 aromatic rings. The predicted octanol–water partition coefficient (Wildman–Crippen LogP) is 5.07. The molecule has 0 aliphatic rings. The minimum atomic E-state index is -0.849. The van der Waals surface area contributed by atoms with Crippen molar-refractivity contribution in [3.8, 4) is 0 Å². The molecule has 0 aromatic heterocycles. The summed E-state index contributed by atoms with van der Waals surface area (Å²) in [5, 5.41) is 0. The van der Waals surface area contributed by atoms with Gasteiger partial charge in [0.05, 0.1) is 10.5 Å². The van der Waals surface area contributed by atoms with Crippen molar-refractivity contribution in [2.75, 3.05) is 0 Å². The number of hydrogen-bond donors (Lipinski definition) is 1. The summed E-state index contributed by atoms with van der Waals surface area (Å²) in [4.78, 5) is 0. The fourth-order valence-corrected chi connectivity index (χ4v) is 2.78. The lowest BCUT2D eigenvalue weighted by Crippen LogP contribution is -2.22. The number of hydrogen-bond acceptors (Lipinski definition) is 1. The van der Waals surface area contributed by atoms with Crippen LogP contribution < -0.4 is 5.73 Å². The van der Waals surface area contributed by atoms with E-state index in [9.17, 15) is 8.78 Å². The van der Waals surface area contributed by atoms with Gasteiger partial charge in [-0.3, -0.25) is 0 Å². The van der Waals surface area contributed by atoms with Crippen LogP contribution in [0.25, 0.3) is 0 Å². The fourth-order valence-electron chi connectivity index (χ4n) is 2.43. The van der Waals surface area contributed by atoms with Crippen LogP contribution >= 0.6 is 15.9 Å². The van der Waals surface area contributed by atoms with E-state index in [1.165, 1.54) is 12.1 Å². The third-order valence-corrected chi connectivity index (χ3v) is 4.11. The summed E-state index contributed by atoms with van der Waals surface area (Å²) < 4.78 is 28.5. The van der Waals surface area contributed by atoms with Gasteiger partial charge in [0.25, 0.3) is 0 Å². The summed E-state index contributed by atoms with van der Waals surface area (Å²) >= 11 is 3.08. The molecule has 0 spiro atoms. The Bertz CT molecular complexity index is 662. The lowest BCUT2D eigenvalue weighted by Gasteiger charge is -2.26. The van der Waals surface area contributed by atoms with E-state index >= 15 is 0 Å². The highest BCUT2D eigenvalue weighted by Crippen LogP contribution is 2.34. The van der Waals surface area contributed by atoms with Gasteiger partial charge < -0.3 is 5.73 Å². The average molecular weight is 354 g/mol. The summed E-state index contributed by atoms with van der Waals surface area (Å²) in [5.41, 5.74) is 7.63. The van der Waals surface area contributed by atoms with Crippen molar-refractivity contribution in [2.24, 2.45) is 5.73 Å². The molecule has 0 saturated carbocycles.